The predicted octanol–water partition coefficient (Wildman–Crippen LogP) is 3.86. The van der Waals surface area contributed by atoms with E-state index in [-0.39, 0.29) is 18.3 Å². The van der Waals surface area contributed by atoms with Crippen molar-refractivity contribution >= 4 is 17.4 Å². The minimum Gasteiger partial charge on any atom is -0.484 e. The topological polar surface area (TPSA) is 68.5 Å². The summed E-state index contributed by atoms with van der Waals surface area (Å²) in [7, 11) is 0. The van der Waals surface area contributed by atoms with E-state index in [1.54, 1.807) is 12.3 Å². The van der Waals surface area contributed by atoms with E-state index in [1.165, 1.54) is 24.3 Å². The van der Waals surface area contributed by atoms with Gasteiger partial charge in [0.1, 0.15) is 11.6 Å². The van der Waals surface area contributed by atoms with Crippen LogP contribution in [0, 0.1) is 12.7 Å². The molecule has 0 saturated carbocycles. The number of anilines is 1. The molecule has 2 aromatic carbocycles. The van der Waals surface area contributed by atoms with E-state index >= 15 is 0 Å². The third-order valence-electron chi connectivity index (χ3n) is 4.25. The highest BCUT2D eigenvalue weighted by Gasteiger charge is 2.12. The number of imidazole rings is 1. The SMILES string of the molecule is Cc1c(-c2cccc(NC(=O)COc3ccc(F)cc3)c2)nc2ncccn12. The molecule has 140 valence electrons. The first kappa shape index (κ1) is 17.7. The van der Waals surface area contributed by atoms with Crippen LogP contribution in [0.2, 0.25) is 0 Å². The number of aromatic nitrogens is 3. The second-order valence-corrected chi connectivity index (χ2v) is 6.21. The maximum Gasteiger partial charge on any atom is 0.262 e. The van der Waals surface area contributed by atoms with E-state index in [0.29, 0.717) is 17.2 Å². The molecular formula is C21H17FN4O2. The average Bonchev–Trinajstić information content (AvgIpc) is 3.05. The first-order valence-electron chi connectivity index (χ1n) is 8.68. The van der Waals surface area contributed by atoms with Gasteiger partial charge in [0, 0.05) is 29.3 Å². The number of hydrogen-bond donors (Lipinski definition) is 1. The van der Waals surface area contributed by atoms with Crippen LogP contribution in [-0.2, 0) is 4.79 Å². The molecule has 1 amide bonds. The summed E-state index contributed by atoms with van der Waals surface area (Å²) < 4.78 is 20.2. The molecule has 0 bridgehead atoms. The number of hydrogen-bond acceptors (Lipinski definition) is 4. The van der Waals surface area contributed by atoms with Crippen LogP contribution in [0.25, 0.3) is 17.0 Å². The standard InChI is InChI=1S/C21H17FN4O2/c1-14-20(25-21-23-10-3-11-26(14)21)15-4-2-5-17(12-15)24-19(27)13-28-18-8-6-16(22)7-9-18/h2-12H,13H2,1H3,(H,24,27). The van der Waals surface area contributed by atoms with Gasteiger partial charge in [-0.15, -0.1) is 0 Å². The van der Waals surface area contributed by atoms with Crippen LogP contribution in [0.4, 0.5) is 10.1 Å². The summed E-state index contributed by atoms with van der Waals surface area (Å²) in [5, 5.41) is 2.80. The molecule has 28 heavy (non-hydrogen) atoms. The number of carbonyl (C=O) groups is 1. The molecule has 6 nitrogen and oxygen atoms in total. The fourth-order valence-corrected chi connectivity index (χ4v) is 2.90. The lowest BCUT2D eigenvalue weighted by molar-refractivity contribution is -0.118. The molecule has 4 aromatic rings. The zero-order valence-corrected chi connectivity index (χ0v) is 15.1. The number of ether oxygens (including phenoxy) is 1. The lowest BCUT2D eigenvalue weighted by Crippen LogP contribution is -2.20. The van der Waals surface area contributed by atoms with Crippen LogP contribution in [0.1, 0.15) is 5.69 Å². The number of nitrogens with zero attached hydrogens (tertiary/aromatic N) is 3. The van der Waals surface area contributed by atoms with Crippen molar-refractivity contribution in [2.75, 3.05) is 11.9 Å². The Hall–Kier alpha value is -3.74. The number of amides is 1. The Bertz CT molecular complexity index is 1140. The maximum atomic E-state index is 12.9. The summed E-state index contributed by atoms with van der Waals surface area (Å²) in [6.45, 7) is 1.80. The lowest BCUT2D eigenvalue weighted by Gasteiger charge is -2.09. The zero-order chi connectivity index (χ0) is 19.5. The van der Waals surface area contributed by atoms with Crippen LogP contribution in [0.15, 0.2) is 67.0 Å². The van der Waals surface area contributed by atoms with Gasteiger partial charge >= 0.3 is 0 Å². The molecule has 0 unspecified atom stereocenters. The van der Waals surface area contributed by atoms with E-state index in [9.17, 15) is 9.18 Å². The predicted molar refractivity (Wildman–Crippen MR) is 104 cm³/mol. The number of halogens is 1. The van der Waals surface area contributed by atoms with Crippen LogP contribution < -0.4 is 10.1 Å². The van der Waals surface area contributed by atoms with E-state index in [1.807, 2.05) is 41.8 Å². The summed E-state index contributed by atoms with van der Waals surface area (Å²) in [4.78, 5) is 21.0. The molecule has 0 aliphatic carbocycles. The van der Waals surface area contributed by atoms with Gasteiger partial charge in [0.05, 0.1) is 5.69 Å². The molecule has 0 spiro atoms. The second kappa shape index (κ2) is 7.48. The van der Waals surface area contributed by atoms with Crippen molar-refractivity contribution in [2.45, 2.75) is 6.92 Å². The summed E-state index contributed by atoms with van der Waals surface area (Å²) in [5.74, 6) is 0.385. The highest BCUT2D eigenvalue weighted by molar-refractivity contribution is 5.92. The molecule has 0 aliphatic heterocycles. The Morgan fingerprint density at radius 2 is 2.00 bits per heavy atom. The van der Waals surface area contributed by atoms with Gasteiger partial charge in [-0.25, -0.2) is 14.4 Å². The van der Waals surface area contributed by atoms with Crippen molar-refractivity contribution in [1.82, 2.24) is 14.4 Å². The average molecular weight is 376 g/mol. The quantitative estimate of drug-likeness (QED) is 0.574. The number of carbonyl (C=O) groups excluding carboxylic acids is 1. The summed E-state index contributed by atoms with van der Waals surface area (Å²) in [6.07, 6.45) is 3.61. The van der Waals surface area contributed by atoms with E-state index in [0.717, 1.165) is 17.0 Å². The molecule has 0 aliphatic rings. The first-order chi connectivity index (χ1) is 13.6. The van der Waals surface area contributed by atoms with Crippen LogP contribution in [0.5, 0.6) is 5.75 Å². The molecule has 7 heteroatoms. The monoisotopic (exact) mass is 376 g/mol. The molecule has 2 aromatic heterocycles. The third-order valence-corrected chi connectivity index (χ3v) is 4.25. The Balaban J connectivity index is 1.48. The van der Waals surface area contributed by atoms with Crippen LogP contribution >= 0.6 is 0 Å². The summed E-state index contributed by atoms with van der Waals surface area (Å²) in [6, 6.07) is 14.8. The number of rotatable bonds is 5. The van der Waals surface area contributed by atoms with Gasteiger partial charge in [-0.3, -0.25) is 9.20 Å². The number of benzene rings is 2. The van der Waals surface area contributed by atoms with Gasteiger partial charge in [0.25, 0.3) is 5.91 Å². The molecule has 2 heterocycles. The zero-order valence-electron chi connectivity index (χ0n) is 15.1. The normalized spacial score (nSPS) is 10.8. The summed E-state index contributed by atoms with van der Waals surface area (Å²) in [5.41, 5.74) is 3.28. The second-order valence-electron chi connectivity index (χ2n) is 6.21. The number of aryl methyl sites for hydroxylation is 1. The highest BCUT2D eigenvalue weighted by atomic mass is 19.1. The fourth-order valence-electron chi connectivity index (χ4n) is 2.90. The third kappa shape index (κ3) is 3.68. The first-order valence-corrected chi connectivity index (χ1v) is 8.68. The Morgan fingerprint density at radius 3 is 2.79 bits per heavy atom. The highest BCUT2D eigenvalue weighted by Crippen LogP contribution is 2.25. The van der Waals surface area contributed by atoms with E-state index in [2.05, 4.69) is 15.3 Å². The van der Waals surface area contributed by atoms with Gasteiger partial charge < -0.3 is 10.1 Å². The summed E-state index contributed by atoms with van der Waals surface area (Å²) >= 11 is 0. The Labute approximate surface area is 160 Å². The van der Waals surface area contributed by atoms with Gasteiger partial charge in [0.2, 0.25) is 5.78 Å². The van der Waals surface area contributed by atoms with Gasteiger partial charge in [-0.1, -0.05) is 12.1 Å². The van der Waals surface area contributed by atoms with Gasteiger partial charge in [-0.05, 0) is 49.4 Å². The molecule has 1 N–H and O–H groups in total. The van der Waals surface area contributed by atoms with Crippen molar-refractivity contribution in [2.24, 2.45) is 0 Å². The fraction of sp³-hybridized carbons (Fsp3) is 0.0952. The number of nitrogens with one attached hydrogen (secondary N) is 1. The molecule has 4 rings (SSSR count). The van der Waals surface area contributed by atoms with E-state index < -0.39 is 0 Å². The number of fused-ring (bicyclic) bond motifs is 1. The van der Waals surface area contributed by atoms with Crippen molar-refractivity contribution < 1.29 is 13.9 Å². The Kier molecular flexibility index (Phi) is 4.72. The van der Waals surface area contributed by atoms with Crippen molar-refractivity contribution in [3.63, 3.8) is 0 Å². The molecule has 0 saturated heterocycles. The van der Waals surface area contributed by atoms with Crippen molar-refractivity contribution in [1.29, 1.82) is 0 Å². The molecular weight excluding hydrogens is 359 g/mol. The molecule has 0 radical (unpaired) electrons. The van der Waals surface area contributed by atoms with Gasteiger partial charge in [-0.2, -0.15) is 0 Å². The van der Waals surface area contributed by atoms with E-state index in [4.69, 9.17) is 4.74 Å². The van der Waals surface area contributed by atoms with Crippen LogP contribution in [0.3, 0.4) is 0 Å². The van der Waals surface area contributed by atoms with Crippen LogP contribution in [-0.4, -0.2) is 26.9 Å². The van der Waals surface area contributed by atoms with Crippen molar-refractivity contribution in [3.8, 4) is 17.0 Å². The van der Waals surface area contributed by atoms with Gasteiger partial charge in [0.15, 0.2) is 6.61 Å². The Morgan fingerprint density at radius 1 is 1.18 bits per heavy atom. The minimum absolute atomic E-state index is 0.173. The minimum atomic E-state index is -0.356. The maximum absolute atomic E-state index is 12.9. The molecule has 0 fully saturated rings. The van der Waals surface area contributed by atoms with Crippen molar-refractivity contribution in [3.05, 3.63) is 78.5 Å². The smallest absolute Gasteiger partial charge is 0.262 e. The molecule has 0 atom stereocenters. The largest absolute Gasteiger partial charge is 0.484 e. The lowest BCUT2D eigenvalue weighted by atomic mass is 10.1.